The number of fused-ring (bicyclic) bond motifs is 1. The Morgan fingerprint density at radius 1 is 1.22 bits per heavy atom. The van der Waals surface area contributed by atoms with Gasteiger partial charge in [-0.1, -0.05) is 11.6 Å². The van der Waals surface area contributed by atoms with Crippen molar-refractivity contribution in [3.63, 3.8) is 0 Å². The molecule has 0 N–H and O–H groups in total. The summed E-state index contributed by atoms with van der Waals surface area (Å²) in [6.45, 7) is 2.92. The Labute approximate surface area is 157 Å². The molecular formula is C19H22N2O6. The van der Waals surface area contributed by atoms with Crippen LogP contribution in [0.4, 0.5) is 0 Å². The zero-order valence-electron chi connectivity index (χ0n) is 15.4. The number of methoxy groups -OCH3 is 1. The van der Waals surface area contributed by atoms with E-state index in [2.05, 4.69) is 4.74 Å². The monoisotopic (exact) mass is 374 g/mol. The van der Waals surface area contributed by atoms with Gasteiger partial charge in [0.25, 0.3) is 11.8 Å². The summed E-state index contributed by atoms with van der Waals surface area (Å²) in [5.41, 5.74) is 1.66. The van der Waals surface area contributed by atoms with Gasteiger partial charge >= 0.3 is 5.97 Å². The van der Waals surface area contributed by atoms with E-state index < -0.39 is 12.1 Å². The fourth-order valence-corrected chi connectivity index (χ4v) is 3.31. The highest BCUT2D eigenvalue weighted by Gasteiger charge is 2.36. The molecule has 27 heavy (non-hydrogen) atoms. The van der Waals surface area contributed by atoms with E-state index in [-0.39, 0.29) is 43.7 Å². The van der Waals surface area contributed by atoms with Crippen LogP contribution in [-0.2, 0) is 19.1 Å². The molecule has 2 aliphatic heterocycles. The minimum atomic E-state index is -0.405. The predicted molar refractivity (Wildman–Crippen MR) is 94.1 cm³/mol. The number of nitrogens with zero attached hydrogens (tertiary/aromatic N) is 2. The summed E-state index contributed by atoms with van der Waals surface area (Å²) in [4.78, 5) is 51.5. The van der Waals surface area contributed by atoms with Crippen molar-refractivity contribution in [1.29, 1.82) is 0 Å². The Morgan fingerprint density at radius 2 is 1.96 bits per heavy atom. The highest BCUT2D eigenvalue weighted by atomic mass is 16.5. The minimum Gasteiger partial charge on any atom is -0.469 e. The summed E-state index contributed by atoms with van der Waals surface area (Å²) in [5, 5.41) is 0. The molecular weight excluding hydrogens is 352 g/mol. The van der Waals surface area contributed by atoms with Crippen molar-refractivity contribution in [2.75, 3.05) is 33.4 Å². The van der Waals surface area contributed by atoms with Gasteiger partial charge < -0.3 is 14.4 Å². The van der Waals surface area contributed by atoms with Gasteiger partial charge in [-0.2, -0.15) is 0 Å². The van der Waals surface area contributed by atoms with Gasteiger partial charge in [0.05, 0.1) is 37.4 Å². The average Bonchev–Trinajstić information content (AvgIpc) is 2.89. The molecule has 1 fully saturated rings. The first kappa shape index (κ1) is 19.0. The number of carbonyl (C=O) groups is 4. The van der Waals surface area contributed by atoms with E-state index in [9.17, 15) is 19.2 Å². The number of carbonyl (C=O) groups excluding carboxylic acids is 4. The first-order chi connectivity index (χ1) is 12.9. The van der Waals surface area contributed by atoms with Gasteiger partial charge in [-0.3, -0.25) is 24.1 Å². The Kier molecular flexibility index (Phi) is 5.55. The Morgan fingerprint density at radius 3 is 2.70 bits per heavy atom. The van der Waals surface area contributed by atoms with Crippen LogP contribution in [0.1, 0.15) is 39.1 Å². The number of esters is 1. The maximum atomic E-state index is 12.5. The summed E-state index contributed by atoms with van der Waals surface area (Å²) in [6, 6.07) is 5.12. The second-order valence-electron chi connectivity index (χ2n) is 6.67. The minimum absolute atomic E-state index is 0.0310. The quantitative estimate of drug-likeness (QED) is 0.558. The molecule has 1 saturated heterocycles. The number of morpholine rings is 1. The van der Waals surface area contributed by atoms with Gasteiger partial charge in [0, 0.05) is 26.1 Å². The molecule has 144 valence electrons. The van der Waals surface area contributed by atoms with Gasteiger partial charge in [-0.25, -0.2) is 0 Å². The molecule has 1 aromatic rings. The number of ether oxygens (including phenoxy) is 2. The zero-order chi connectivity index (χ0) is 19.6. The fraction of sp³-hybridized carbons (Fsp3) is 0.474. The SMILES string of the molecule is COC(=O)CC1CN(C(=O)CCN2C(=O)c3ccc(C)cc3C2=O)CCO1. The zero-order valence-corrected chi connectivity index (χ0v) is 15.4. The summed E-state index contributed by atoms with van der Waals surface area (Å²) in [7, 11) is 1.30. The Balaban J connectivity index is 1.57. The molecule has 2 heterocycles. The molecule has 0 aromatic heterocycles. The van der Waals surface area contributed by atoms with Crippen LogP contribution in [-0.4, -0.2) is 72.9 Å². The molecule has 0 radical (unpaired) electrons. The van der Waals surface area contributed by atoms with Gasteiger partial charge in [-0.05, 0) is 19.1 Å². The highest BCUT2D eigenvalue weighted by Crippen LogP contribution is 2.24. The van der Waals surface area contributed by atoms with Crippen LogP contribution in [0.15, 0.2) is 18.2 Å². The van der Waals surface area contributed by atoms with Crippen molar-refractivity contribution >= 4 is 23.7 Å². The molecule has 0 spiro atoms. The fourth-order valence-electron chi connectivity index (χ4n) is 3.31. The van der Waals surface area contributed by atoms with E-state index >= 15 is 0 Å². The molecule has 1 atom stereocenters. The molecule has 2 aliphatic rings. The van der Waals surface area contributed by atoms with Crippen molar-refractivity contribution in [2.45, 2.75) is 25.9 Å². The van der Waals surface area contributed by atoms with Gasteiger partial charge in [0.2, 0.25) is 5.91 Å². The van der Waals surface area contributed by atoms with Gasteiger partial charge in [0.1, 0.15) is 0 Å². The van der Waals surface area contributed by atoms with Crippen LogP contribution < -0.4 is 0 Å². The van der Waals surface area contributed by atoms with Crippen molar-refractivity contribution in [1.82, 2.24) is 9.80 Å². The third-order valence-electron chi connectivity index (χ3n) is 4.79. The molecule has 3 amide bonds. The van der Waals surface area contributed by atoms with Crippen molar-refractivity contribution in [2.24, 2.45) is 0 Å². The van der Waals surface area contributed by atoms with E-state index in [0.29, 0.717) is 24.3 Å². The molecule has 8 nitrogen and oxygen atoms in total. The summed E-state index contributed by atoms with van der Waals surface area (Å²) in [5.74, 6) is -1.30. The molecule has 8 heteroatoms. The lowest BCUT2D eigenvalue weighted by Gasteiger charge is -2.32. The number of benzene rings is 1. The summed E-state index contributed by atoms with van der Waals surface area (Å²) in [6.07, 6.45) is -0.287. The van der Waals surface area contributed by atoms with E-state index in [1.807, 2.05) is 6.92 Å². The summed E-state index contributed by atoms with van der Waals surface area (Å²) >= 11 is 0. The van der Waals surface area contributed by atoms with Crippen LogP contribution in [0.3, 0.4) is 0 Å². The Hall–Kier alpha value is -2.74. The molecule has 1 aromatic carbocycles. The van der Waals surface area contributed by atoms with Gasteiger partial charge in [0.15, 0.2) is 0 Å². The second kappa shape index (κ2) is 7.87. The van der Waals surface area contributed by atoms with Crippen molar-refractivity contribution in [3.05, 3.63) is 34.9 Å². The molecule has 0 aliphatic carbocycles. The lowest BCUT2D eigenvalue weighted by molar-refractivity contribution is -0.150. The van der Waals surface area contributed by atoms with Crippen LogP contribution in [0.5, 0.6) is 0 Å². The normalized spacial score (nSPS) is 19.3. The number of hydrogen-bond acceptors (Lipinski definition) is 6. The molecule has 3 rings (SSSR count). The largest absolute Gasteiger partial charge is 0.469 e. The standard InChI is InChI=1S/C19H22N2O6/c1-12-3-4-14-15(9-12)19(25)21(18(14)24)6-5-16(22)20-7-8-27-13(11-20)10-17(23)26-2/h3-4,9,13H,5-8,10-11H2,1-2H3. The predicted octanol–water partition coefficient (Wildman–Crippen LogP) is 0.772. The summed E-state index contributed by atoms with van der Waals surface area (Å²) < 4.78 is 10.1. The van der Waals surface area contributed by atoms with Crippen LogP contribution in [0, 0.1) is 6.92 Å². The number of aryl methyl sites for hydroxylation is 1. The first-order valence-electron chi connectivity index (χ1n) is 8.83. The maximum absolute atomic E-state index is 12.5. The molecule has 0 saturated carbocycles. The third kappa shape index (κ3) is 4.00. The highest BCUT2D eigenvalue weighted by molar-refractivity contribution is 6.21. The molecule has 0 bridgehead atoms. The lowest BCUT2D eigenvalue weighted by Crippen LogP contribution is -2.47. The van der Waals surface area contributed by atoms with E-state index in [4.69, 9.17) is 4.74 Å². The van der Waals surface area contributed by atoms with E-state index in [0.717, 1.165) is 10.5 Å². The van der Waals surface area contributed by atoms with E-state index in [1.165, 1.54) is 7.11 Å². The average molecular weight is 374 g/mol. The Bertz CT molecular complexity index is 790. The van der Waals surface area contributed by atoms with Crippen LogP contribution >= 0.6 is 0 Å². The first-order valence-corrected chi connectivity index (χ1v) is 8.83. The second-order valence-corrected chi connectivity index (χ2v) is 6.67. The van der Waals surface area contributed by atoms with Crippen LogP contribution in [0.25, 0.3) is 0 Å². The van der Waals surface area contributed by atoms with E-state index in [1.54, 1.807) is 23.1 Å². The maximum Gasteiger partial charge on any atom is 0.308 e. The topological polar surface area (TPSA) is 93.2 Å². The smallest absolute Gasteiger partial charge is 0.308 e. The third-order valence-corrected chi connectivity index (χ3v) is 4.79. The van der Waals surface area contributed by atoms with Crippen LogP contribution in [0.2, 0.25) is 0 Å². The van der Waals surface area contributed by atoms with Crippen molar-refractivity contribution < 1.29 is 28.7 Å². The number of hydrogen-bond donors (Lipinski definition) is 0. The van der Waals surface area contributed by atoms with Gasteiger partial charge in [-0.15, -0.1) is 0 Å². The van der Waals surface area contributed by atoms with Crippen molar-refractivity contribution in [3.8, 4) is 0 Å². The number of rotatable bonds is 5. The molecule has 1 unspecified atom stereocenters. The number of amides is 3. The lowest BCUT2D eigenvalue weighted by atomic mass is 10.1. The number of imide groups is 1.